The summed E-state index contributed by atoms with van der Waals surface area (Å²) >= 11 is 3.25. The van der Waals surface area contributed by atoms with E-state index in [0.29, 0.717) is 16.2 Å². The second-order valence-electron chi connectivity index (χ2n) is 2.65. The lowest BCUT2D eigenvalue weighted by atomic mass is 10.5. The predicted octanol–water partition coefficient (Wildman–Crippen LogP) is 0.705. The van der Waals surface area contributed by atoms with Gasteiger partial charge in [0.05, 0.1) is 6.54 Å². The van der Waals surface area contributed by atoms with Gasteiger partial charge in [0, 0.05) is 13.1 Å². The lowest BCUT2D eigenvalue weighted by molar-refractivity contribution is -0.118. The molecule has 1 heterocycles. The SMILES string of the molecule is CNC(=O)CNc1cc(Br)nc(C)n1. The number of hydrogen-bond acceptors (Lipinski definition) is 4. The van der Waals surface area contributed by atoms with Crippen LogP contribution in [0.2, 0.25) is 0 Å². The van der Waals surface area contributed by atoms with Gasteiger partial charge in [-0.05, 0) is 22.9 Å². The number of rotatable bonds is 3. The second kappa shape index (κ2) is 4.90. The second-order valence-corrected chi connectivity index (χ2v) is 3.46. The van der Waals surface area contributed by atoms with Crippen molar-refractivity contribution in [3.05, 3.63) is 16.5 Å². The van der Waals surface area contributed by atoms with Crippen LogP contribution in [0, 0.1) is 6.92 Å². The maximum absolute atomic E-state index is 10.9. The Morgan fingerprint density at radius 2 is 2.29 bits per heavy atom. The number of aromatic nitrogens is 2. The number of likely N-dealkylation sites (N-methyl/N-ethyl adjacent to an activating group) is 1. The monoisotopic (exact) mass is 258 g/mol. The van der Waals surface area contributed by atoms with Gasteiger partial charge in [-0.1, -0.05) is 0 Å². The summed E-state index contributed by atoms with van der Waals surface area (Å²) in [5.74, 6) is 1.20. The van der Waals surface area contributed by atoms with Gasteiger partial charge in [-0.2, -0.15) is 0 Å². The molecule has 0 aliphatic heterocycles. The topological polar surface area (TPSA) is 66.9 Å². The summed E-state index contributed by atoms with van der Waals surface area (Å²) in [6, 6.07) is 1.72. The molecule has 0 aliphatic carbocycles. The Morgan fingerprint density at radius 1 is 1.57 bits per heavy atom. The van der Waals surface area contributed by atoms with Crippen LogP contribution in [-0.4, -0.2) is 29.5 Å². The zero-order valence-electron chi connectivity index (χ0n) is 7.97. The highest BCUT2D eigenvalue weighted by Crippen LogP contribution is 2.11. The Morgan fingerprint density at radius 3 is 2.86 bits per heavy atom. The zero-order chi connectivity index (χ0) is 10.6. The van der Waals surface area contributed by atoms with Crippen molar-refractivity contribution in [1.82, 2.24) is 15.3 Å². The predicted molar refractivity (Wildman–Crippen MR) is 57.0 cm³/mol. The van der Waals surface area contributed by atoms with Gasteiger partial charge in [-0.15, -0.1) is 0 Å². The molecule has 0 saturated carbocycles. The molecule has 76 valence electrons. The number of anilines is 1. The molecule has 0 aromatic carbocycles. The average Bonchev–Trinajstić information content (AvgIpc) is 2.12. The van der Waals surface area contributed by atoms with E-state index in [1.165, 1.54) is 0 Å². The Balaban J connectivity index is 2.63. The number of aryl methyl sites for hydroxylation is 1. The largest absolute Gasteiger partial charge is 0.361 e. The number of nitrogens with zero attached hydrogens (tertiary/aromatic N) is 2. The third kappa shape index (κ3) is 3.29. The number of carbonyl (C=O) groups is 1. The molecule has 0 unspecified atom stereocenters. The highest BCUT2D eigenvalue weighted by molar-refractivity contribution is 9.10. The standard InChI is InChI=1S/C8H11BrN4O/c1-5-12-6(9)3-7(13-5)11-4-8(14)10-2/h3H,4H2,1-2H3,(H,10,14)(H,11,12,13). The van der Waals surface area contributed by atoms with Crippen molar-refractivity contribution in [1.29, 1.82) is 0 Å². The molecule has 2 N–H and O–H groups in total. The van der Waals surface area contributed by atoms with Crippen molar-refractivity contribution < 1.29 is 4.79 Å². The molecule has 0 atom stereocenters. The van der Waals surface area contributed by atoms with E-state index in [1.807, 2.05) is 0 Å². The molecule has 1 aromatic heterocycles. The first-order valence-corrected chi connectivity index (χ1v) is 4.86. The molecular formula is C8H11BrN4O. The van der Waals surface area contributed by atoms with Gasteiger partial charge in [0.2, 0.25) is 5.91 Å². The van der Waals surface area contributed by atoms with Gasteiger partial charge in [-0.25, -0.2) is 9.97 Å². The lowest BCUT2D eigenvalue weighted by Crippen LogP contribution is -2.26. The van der Waals surface area contributed by atoms with Gasteiger partial charge in [0.25, 0.3) is 0 Å². The molecule has 0 bridgehead atoms. The van der Waals surface area contributed by atoms with E-state index in [9.17, 15) is 4.79 Å². The van der Waals surface area contributed by atoms with Crippen LogP contribution in [-0.2, 0) is 4.79 Å². The smallest absolute Gasteiger partial charge is 0.239 e. The Bertz CT molecular complexity index is 322. The van der Waals surface area contributed by atoms with Crippen molar-refractivity contribution >= 4 is 27.7 Å². The van der Waals surface area contributed by atoms with E-state index < -0.39 is 0 Å². The minimum absolute atomic E-state index is 0.0858. The Kier molecular flexibility index (Phi) is 3.82. The van der Waals surface area contributed by atoms with Crippen molar-refractivity contribution in [3.8, 4) is 0 Å². The molecular weight excluding hydrogens is 248 g/mol. The maximum Gasteiger partial charge on any atom is 0.239 e. The average molecular weight is 259 g/mol. The van der Waals surface area contributed by atoms with Crippen LogP contribution in [0.25, 0.3) is 0 Å². The molecule has 14 heavy (non-hydrogen) atoms. The third-order valence-corrected chi connectivity index (χ3v) is 1.92. The van der Waals surface area contributed by atoms with E-state index in [-0.39, 0.29) is 12.5 Å². The van der Waals surface area contributed by atoms with Gasteiger partial charge in [0.15, 0.2) is 0 Å². The van der Waals surface area contributed by atoms with Gasteiger partial charge in [-0.3, -0.25) is 4.79 Å². The summed E-state index contributed by atoms with van der Waals surface area (Å²) in [6.45, 7) is 2.00. The summed E-state index contributed by atoms with van der Waals surface area (Å²) in [6.07, 6.45) is 0. The summed E-state index contributed by atoms with van der Waals surface area (Å²) < 4.78 is 0.699. The van der Waals surface area contributed by atoms with E-state index in [4.69, 9.17) is 0 Å². The summed E-state index contributed by atoms with van der Waals surface area (Å²) in [7, 11) is 1.59. The fourth-order valence-electron chi connectivity index (χ4n) is 0.881. The van der Waals surface area contributed by atoms with Crippen LogP contribution < -0.4 is 10.6 Å². The molecule has 1 aromatic rings. The lowest BCUT2D eigenvalue weighted by Gasteiger charge is -2.05. The van der Waals surface area contributed by atoms with E-state index in [2.05, 4.69) is 36.5 Å². The fraction of sp³-hybridized carbons (Fsp3) is 0.375. The van der Waals surface area contributed by atoms with E-state index >= 15 is 0 Å². The van der Waals surface area contributed by atoms with Crippen LogP contribution >= 0.6 is 15.9 Å². The first-order valence-electron chi connectivity index (χ1n) is 4.07. The van der Waals surface area contributed by atoms with Crippen LogP contribution in [0.5, 0.6) is 0 Å². The van der Waals surface area contributed by atoms with Crippen LogP contribution in [0.4, 0.5) is 5.82 Å². The molecule has 5 nitrogen and oxygen atoms in total. The van der Waals surface area contributed by atoms with Crippen LogP contribution in [0.3, 0.4) is 0 Å². The first kappa shape index (κ1) is 10.9. The summed E-state index contributed by atoms with van der Waals surface area (Å²) in [5.41, 5.74) is 0. The van der Waals surface area contributed by atoms with Crippen molar-refractivity contribution in [2.45, 2.75) is 6.92 Å². The third-order valence-electron chi connectivity index (χ3n) is 1.52. The van der Waals surface area contributed by atoms with Crippen molar-refractivity contribution in [2.24, 2.45) is 0 Å². The van der Waals surface area contributed by atoms with Gasteiger partial charge >= 0.3 is 0 Å². The molecule has 0 saturated heterocycles. The number of halogens is 1. The Labute approximate surface area is 90.5 Å². The first-order chi connectivity index (χ1) is 6.61. The molecule has 0 radical (unpaired) electrons. The zero-order valence-corrected chi connectivity index (χ0v) is 9.55. The maximum atomic E-state index is 10.9. The molecule has 1 rings (SSSR count). The van der Waals surface area contributed by atoms with E-state index in [0.717, 1.165) is 0 Å². The number of carbonyl (C=O) groups excluding carboxylic acids is 1. The minimum atomic E-state index is -0.0858. The summed E-state index contributed by atoms with van der Waals surface area (Å²) in [4.78, 5) is 19.1. The molecule has 1 amide bonds. The quantitative estimate of drug-likeness (QED) is 0.784. The van der Waals surface area contributed by atoms with E-state index in [1.54, 1.807) is 20.0 Å². The van der Waals surface area contributed by atoms with Crippen molar-refractivity contribution in [3.63, 3.8) is 0 Å². The fourth-order valence-corrected chi connectivity index (χ4v) is 1.35. The molecule has 0 aliphatic rings. The van der Waals surface area contributed by atoms with Gasteiger partial charge in [0.1, 0.15) is 16.2 Å². The van der Waals surface area contributed by atoms with Crippen molar-refractivity contribution in [2.75, 3.05) is 18.9 Å². The van der Waals surface area contributed by atoms with Gasteiger partial charge < -0.3 is 10.6 Å². The molecule has 6 heteroatoms. The number of hydrogen-bond donors (Lipinski definition) is 2. The number of amides is 1. The molecule has 0 spiro atoms. The molecule has 0 fully saturated rings. The Hall–Kier alpha value is -1.17. The van der Waals surface area contributed by atoms with Crippen LogP contribution in [0.1, 0.15) is 5.82 Å². The minimum Gasteiger partial charge on any atom is -0.361 e. The highest BCUT2D eigenvalue weighted by atomic mass is 79.9. The summed E-state index contributed by atoms with van der Waals surface area (Å²) in [5, 5.41) is 5.39. The number of nitrogens with one attached hydrogen (secondary N) is 2. The normalized spacial score (nSPS) is 9.64. The highest BCUT2D eigenvalue weighted by Gasteiger charge is 2.01. The van der Waals surface area contributed by atoms with Crippen LogP contribution in [0.15, 0.2) is 10.7 Å².